The van der Waals surface area contributed by atoms with Crippen molar-refractivity contribution in [3.63, 3.8) is 0 Å². The van der Waals surface area contributed by atoms with Gasteiger partial charge in [-0.05, 0) is 50.0 Å². The van der Waals surface area contributed by atoms with E-state index < -0.39 is 0 Å². The molecule has 0 amide bonds. The molecular weight excluding hydrogens is 282 g/mol. The van der Waals surface area contributed by atoms with E-state index in [0.717, 1.165) is 48.7 Å². The highest BCUT2D eigenvalue weighted by atomic mass is 35.5. The molecule has 3 nitrogen and oxygen atoms in total. The van der Waals surface area contributed by atoms with Crippen LogP contribution in [0.15, 0.2) is 6.20 Å². The van der Waals surface area contributed by atoms with Crippen molar-refractivity contribution in [3.8, 4) is 0 Å². The minimum absolute atomic E-state index is 0.402. The summed E-state index contributed by atoms with van der Waals surface area (Å²) in [4.78, 5) is 0. The van der Waals surface area contributed by atoms with Gasteiger partial charge >= 0.3 is 0 Å². The first-order chi connectivity index (χ1) is 10.3. The summed E-state index contributed by atoms with van der Waals surface area (Å²) in [6.07, 6.45) is 9.76. The van der Waals surface area contributed by atoms with Crippen molar-refractivity contribution < 1.29 is 0 Å². The highest BCUT2D eigenvalue weighted by Crippen LogP contribution is 2.60. The van der Waals surface area contributed by atoms with Gasteiger partial charge in [0.1, 0.15) is 0 Å². The molecule has 21 heavy (non-hydrogen) atoms. The summed E-state index contributed by atoms with van der Waals surface area (Å²) in [5.41, 5.74) is 1.24. The van der Waals surface area contributed by atoms with Crippen molar-refractivity contribution in [2.75, 3.05) is 6.54 Å². The van der Waals surface area contributed by atoms with Gasteiger partial charge < -0.3 is 5.32 Å². The van der Waals surface area contributed by atoms with Crippen LogP contribution in [0.25, 0.3) is 0 Å². The third kappa shape index (κ3) is 3.00. The molecule has 3 unspecified atom stereocenters. The Bertz CT molecular complexity index is 459. The van der Waals surface area contributed by atoms with Crippen molar-refractivity contribution in [1.29, 1.82) is 0 Å². The number of halogens is 1. The van der Waals surface area contributed by atoms with E-state index in [2.05, 4.69) is 28.9 Å². The van der Waals surface area contributed by atoms with Crippen LogP contribution in [-0.4, -0.2) is 16.3 Å². The Balaban J connectivity index is 1.84. The molecule has 118 valence electrons. The molecule has 0 saturated heterocycles. The third-order valence-corrected chi connectivity index (χ3v) is 5.58. The number of hydrogen-bond acceptors (Lipinski definition) is 2. The van der Waals surface area contributed by atoms with Gasteiger partial charge in [0.05, 0.1) is 23.0 Å². The van der Waals surface area contributed by atoms with E-state index in [9.17, 15) is 0 Å². The first kappa shape index (κ1) is 15.4. The molecule has 1 N–H and O–H groups in total. The Morgan fingerprint density at radius 1 is 1.29 bits per heavy atom. The van der Waals surface area contributed by atoms with Crippen LogP contribution in [0.2, 0.25) is 5.02 Å². The number of aromatic nitrogens is 2. The Kier molecular flexibility index (Phi) is 4.90. The second-order valence-electron chi connectivity index (χ2n) is 6.72. The summed E-state index contributed by atoms with van der Waals surface area (Å²) >= 11 is 6.50. The molecule has 2 saturated carbocycles. The number of nitrogens with zero attached hydrogens (tertiary/aromatic N) is 2. The maximum absolute atomic E-state index is 6.50. The fourth-order valence-electron chi connectivity index (χ4n) is 4.33. The molecule has 4 heteroatoms. The molecule has 0 aromatic carbocycles. The summed E-state index contributed by atoms with van der Waals surface area (Å²) in [6, 6.07) is 0.402. The first-order valence-electron chi connectivity index (χ1n) is 8.72. The lowest BCUT2D eigenvalue weighted by molar-refractivity contribution is 0.408. The molecule has 0 radical (unpaired) electrons. The maximum Gasteiger partial charge on any atom is 0.0834 e. The van der Waals surface area contributed by atoms with Crippen LogP contribution in [0, 0.1) is 17.8 Å². The first-order valence-corrected chi connectivity index (χ1v) is 9.10. The monoisotopic (exact) mass is 309 g/mol. The number of fused-ring (bicyclic) bond motifs is 1. The van der Waals surface area contributed by atoms with Crippen LogP contribution < -0.4 is 5.32 Å². The second kappa shape index (κ2) is 6.70. The molecular formula is C17H28ClN3. The Labute approximate surface area is 133 Å². The van der Waals surface area contributed by atoms with Crippen molar-refractivity contribution in [1.82, 2.24) is 15.1 Å². The van der Waals surface area contributed by atoms with Gasteiger partial charge in [0.2, 0.25) is 0 Å². The van der Waals surface area contributed by atoms with Crippen LogP contribution in [0.5, 0.6) is 0 Å². The second-order valence-corrected chi connectivity index (χ2v) is 7.13. The largest absolute Gasteiger partial charge is 0.308 e. The van der Waals surface area contributed by atoms with Gasteiger partial charge in [-0.2, -0.15) is 5.10 Å². The molecule has 2 fully saturated rings. The van der Waals surface area contributed by atoms with E-state index >= 15 is 0 Å². The zero-order chi connectivity index (χ0) is 14.8. The molecule has 1 aromatic rings. The number of hydrogen-bond donors (Lipinski definition) is 1. The van der Waals surface area contributed by atoms with Crippen molar-refractivity contribution in [2.24, 2.45) is 17.8 Å². The highest BCUT2D eigenvalue weighted by Gasteiger charge is 2.55. The Hall–Kier alpha value is -0.540. The van der Waals surface area contributed by atoms with E-state index in [-0.39, 0.29) is 0 Å². The van der Waals surface area contributed by atoms with E-state index in [4.69, 9.17) is 11.6 Å². The van der Waals surface area contributed by atoms with E-state index in [0.29, 0.717) is 6.04 Å². The lowest BCUT2D eigenvalue weighted by Gasteiger charge is -2.21. The topological polar surface area (TPSA) is 29.9 Å². The minimum atomic E-state index is 0.402. The van der Waals surface area contributed by atoms with Gasteiger partial charge in [-0.15, -0.1) is 0 Å². The molecule has 0 aliphatic heterocycles. The van der Waals surface area contributed by atoms with Crippen molar-refractivity contribution in [3.05, 3.63) is 16.9 Å². The van der Waals surface area contributed by atoms with Crippen LogP contribution in [0.1, 0.15) is 64.1 Å². The van der Waals surface area contributed by atoms with E-state index in [1.54, 1.807) is 0 Å². The fraction of sp³-hybridized carbons (Fsp3) is 0.824. The molecule has 3 atom stereocenters. The lowest BCUT2D eigenvalue weighted by atomic mass is 10.0. The van der Waals surface area contributed by atoms with Crippen molar-refractivity contribution in [2.45, 2.75) is 65.0 Å². The van der Waals surface area contributed by atoms with Gasteiger partial charge in [0.25, 0.3) is 0 Å². The number of rotatable bonds is 7. The normalized spacial score (nSPS) is 29.2. The molecule has 0 bridgehead atoms. The van der Waals surface area contributed by atoms with Crippen LogP contribution >= 0.6 is 11.6 Å². The van der Waals surface area contributed by atoms with Gasteiger partial charge in [0.15, 0.2) is 0 Å². The predicted octanol–water partition coefficient (Wildman–Crippen LogP) is 4.42. The van der Waals surface area contributed by atoms with Gasteiger partial charge in [-0.25, -0.2) is 0 Å². The van der Waals surface area contributed by atoms with Gasteiger partial charge in [-0.3, -0.25) is 4.68 Å². The van der Waals surface area contributed by atoms with Crippen LogP contribution in [0.4, 0.5) is 0 Å². The van der Waals surface area contributed by atoms with Crippen molar-refractivity contribution >= 4 is 11.6 Å². The summed E-state index contributed by atoms with van der Waals surface area (Å²) < 4.78 is 2.14. The number of aryl methyl sites for hydroxylation is 1. The molecule has 1 heterocycles. The van der Waals surface area contributed by atoms with Crippen LogP contribution in [0.3, 0.4) is 0 Å². The Morgan fingerprint density at radius 3 is 2.62 bits per heavy atom. The average Bonchev–Trinajstić information content (AvgIpc) is 3.11. The average molecular weight is 310 g/mol. The maximum atomic E-state index is 6.50. The summed E-state index contributed by atoms with van der Waals surface area (Å²) in [5.74, 6) is 2.63. The smallest absolute Gasteiger partial charge is 0.0834 e. The summed E-state index contributed by atoms with van der Waals surface area (Å²) in [7, 11) is 0. The SMILES string of the molecule is CCCNC(c1c(Cl)cnn1CCC)C1C2CCCCC21. The quantitative estimate of drug-likeness (QED) is 0.808. The minimum Gasteiger partial charge on any atom is -0.308 e. The summed E-state index contributed by atoms with van der Waals surface area (Å²) in [5, 5.41) is 9.14. The van der Waals surface area contributed by atoms with Gasteiger partial charge in [-0.1, -0.05) is 38.3 Å². The molecule has 2 aliphatic carbocycles. The fourth-order valence-corrected chi connectivity index (χ4v) is 4.59. The number of nitrogens with one attached hydrogen (secondary N) is 1. The lowest BCUT2D eigenvalue weighted by Crippen LogP contribution is -2.28. The zero-order valence-electron chi connectivity index (χ0n) is 13.3. The van der Waals surface area contributed by atoms with Gasteiger partial charge in [0, 0.05) is 6.54 Å². The standard InChI is InChI=1S/C17H28ClN3/c1-3-9-19-16(15-12-7-5-6-8-13(12)15)17-14(18)11-20-21(17)10-4-2/h11-13,15-16,19H,3-10H2,1-2H3. The van der Waals surface area contributed by atoms with Crippen LogP contribution in [-0.2, 0) is 6.54 Å². The van der Waals surface area contributed by atoms with E-state index in [1.807, 2.05) is 6.20 Å². The molecule has 0 spiro atoms. The predicted molar refractivity (Wildman–Crippen MR) is 87.5 cm³/mol. The third-order valence-electron chi connectivity index (χ3n) is 5.29. The molecule has 2 aliphatic rings. The zero-order valence-corrected chi connectivity index (χ0v) is 14.1. The molecule has 1 aromatic heterocycles. The Morgan fingerprint density at radius 2 is 2.00 bits per heavy atom. The highest BCUT2D eigenvalue weighted by molar-refractivity contribution is 6.31. The van der Waals surface area contributed by atoms with E-state index in [1.165, 1.54) is 31.4 Å². The molecule has 3 rings (SSSR count). The summed E-state index contributed by atoms with van der Waals surface area (Å²) in [6.45, 7) is 6.46.